The van der Waals surface area contributed by atoms with Crippen molar-refractivity contribution in [3.63, 3.8) is 0 Å². The molecule has 5 nitrogen and oxygen atoms in total. The minimum absolute atomic E-state index is 0. The number of rotatable bonds is 7. The van der Waals surface area contributed by atoms with Crippen molar-refractivity contribution in [2.24, 2.45) is 4.99 Å². The lowest BCUT2D eigenvalue weighted by Crippen LogP contribution is -2.39. The molecule has 3 rings (SSSR count). The molecular formula is C19H26IN5S. The Hall–Kier alpha value is -1.61. The van der Waals surface area contributed by atoms with Gasteiger partial charge in [-0.1, -0.05) is 19.1 Å². The van der Waals surface area contributed by atoms with Gasteiger partial charge in [0.25, 0.3) is 0 Å². The normalized spacial score (nSPS) is 12.6. The molecule has 0 aliphatic heterocycles. The second-order valence-corrected chi connectivity index (χ2v) is 6.92. The molecule has 0 spiro atoms. The van der Waals surface area contributed by atoms with Gasteiger partial charge in [-0.2, -0.15) is 11.3 Å². The second kappa shape index (κ2) is 10.5. The zero-order chi connectivity index (χ0) is 17.5. The molecule has 0 saturated carbocycles. The molecule has 0 aliphatic carbocycles. The molecular weight excluding hydrogens is 457 g/mol. The van der Waals surface area contributed by atoms with E-state index in [0.717, 1.165) is 48.7 Å². The van der Waals surface area contributed by atoms with Crippen LogP contribution < -0.4 is 10.6 Å². The SMILES string of the molecule is CN=C(NCCCc1nc2ccccc2[nH]1)NCC(C)c1ccsc1.I. The predicted molar refractivity (Wildman–Crippen MR) is 122 cm³/mol. The highest BCUT2D eigenvalue weighted by atomic mass is 127. The van der Waals surface area contributed by atoms with Crippen LogP contribution in [0.25, 0.3) is 11.0 Å². The maximum Gasteiger partial charge on any atom is 0.190 e. The van der Waals surface area contributed by atoms with Gasteiger partial charge >= 0.3 is 0 Å². The van der Waals surface area contributed by atoms with Gasteiger partial charge in [-0.25, -0.2) is 4.98 Å². The van der Waals surface area contributed by atoms with Gasteiger partial charge in [0, 0.05) is 26.6 Å². The third kappa shape index (κ3) is 5.70. The maximum absolute atomic E-state index is 4.61. The highest BCUT2D eigenvalue weighted by Crippen LogP contribution is 2.17. The van der Waals surface area contributed by atoms with E-state index in [1.54, 1.807) is 11.3 Å². The molecule has 2 heterocycles. The minimum atomic E-state index is 0. The number of H-pyrrole nitrogens is 1. The summed E-state index contributed by atoms with van der Waals surface area (Å²) >= 11 is 1.74. The lowest BCUT2D eigenvalue weighted by atomic mass is 10.1. The van der Waals surface area contributed by atoms with Crippen molar-refractivity contribution in [2.45, 2.75) is 25.7 Å². The van der Waals surface area contributed by atoms with Gasteiger partial charge in [0.1, 0.15) is 5.82 Å². The summed E-state index contributed by atoms with van der Waals surface area (Å²) in [5.74, 6) is 2.36. The Kier molecular flexibility index (Phi) is 8.37. The first-order valence-electron chi connectivity index (χ1n) is 8.66. The molecule has 0 amide bonds. The largest absolute Gasteiger partial charge is 0.356 e. The Morgan fingerprint density at radius 1 is 1.27 bits per heavy atom. The smallest absolute Gasteiger partial charge is 0.190 e. The van der Waals surface area contributed by atoms with E-state index in [-0.39, 0.29) is 24.0 Å². The van der Waals surface area contributed by atoms with E-state index in [2.05, 4.69) is 55.4 Å². The molecule has 1 atom stereocenters. The average molecular weight is 483 g/mol. The number of fused-ring (bicyclic) bond motifs is 1. The van der Waals surface area contributed by atoms with Crippen molar-refractivity contribution in [3.8, 4) is 0 Å². The van der Waals surface area contributed by atoms with Gasteiger partial charge in [-0.05, 0) is 46.9 Å². The van der Waals surface area contributed by atoms with Crippen LogP contribution in [0.3, 0.4) is 0 Å². The predicted octanol–water partition coefficient (Wildman–Crippen LogP) is 4.14. The summed E-state index contributed by atoms with van der Waals surface area (Å²) in [5.41, 5.74) is 3.51. The molecule has 3 N–H and O–H groups in total. The van der Waals surface area contributed by atoms with Gasteiger partial charge < -0.3 is 15.6 Å². The molecule has 0 aliphatic rings. The van der Waals surface area contributed by atoms with E-state index >= 15 is 0 Å². The quantitative estimate of drug-likeness (QED) is 0.205. The van der Waals surface area contributed by atoms with Crippen LogP contribution in [0.15, 0.2) is 46.1 Å². The van der Waals surface area contributed by atoms with Crippen molar-refractivity contribution in [2.75, 3.05) is 20.1 Å². The maximum atomic E-state index is 4.61. The van der Waals surface area contributed by atoms with Gasteiger partial charge in [-0.15, -0.1) is 24.0 Å². The molecule has 0 bridgehead atoms. The summed E-state index contributed by atoms with van der Waals surface area (Å²) in [6, 6.07) is 10.3. The number of para-hydroxylation sites is 2. The highest BCUT2D eigenvalue weighted by molar-refractivity contribution is 14.0. The van der Waals surface area contributed by atoms with Crippen molar-refractivity contribution < 1.29 is 0 Å². The Balaban J connectivity index is 0.00000243. The molecule has 3 aromatic rings. The third-order valence-electron chi connectivity index (χ3n) is 4.23. The second-order valence-electron chi connectivity index (χ2n) is 6.14. The highest BCUT2D eigenvalue weighted by Gasteiger charge is 2.07. The lowest BCUT2D eigenvalue weighted by molar-refractivity contribution is 0.686. The average Bonchev–Trinajstić information content (AvgIpc) is 3.30. The standard InChI is InChI=1S/C19H25N5S.HI/c1-14(15-9-11-25-13-15)12-22-19(20-2)21-10-5-8-18-23-16-6-3-4-7-17(16)24-18;/h3-4,6-7,9,11,13-14H,5,8,10,12H2,1-2H3,(H,23,24)(H2,20,21,22);1H. The van der Waals surface area contributed by atoms with E-state index in [4.69, 9.17) is 0 Å². The molecule has 0 fully saturated rings. The number of hydrogen-bond acceptors (Lipinski definition) is 3. The zero-order valence-corrected chi connectivity index (χ0v) is 18.3. The molecule has 0 saturated heterocycles. The molecule has 26 heavy (non-hydrogen) atoms. The topological polar surface area (TPSA) is 65.1 Å². The number of guanidine groups is 1. The lowest BCUT2D eigenvalue weighted by Gasteiger charge is -2.15. The van der Waals surface area contributed by atoms with E-state index in [1.165, 1.54) is 5.56 Å². The first-order chi connectivity index (χ1) is 12.3. The Bertz CT molecular complexity index is 779. The van der Waals surface area contributed by atoms with Gasteiger partial charge in [0.05, 0.1) is 11.0 Å². The molecule has 140 valence electrons. The summed E-state index contributed by atoms with van der Waals surface area (Å²) in [5, 5.41) is 11.1. The van der Waals surface area contributed by atoms with E-state index < -0.39 is 0 Å². The van der Waals surface area contributed by atoms with Crippen LogP contribution in [-0.4, -0.2) is 36.1 Å². The molecule has 1 aromatic carbocycles. The number of nitrogens with one attached hydrogen (secondary N) is 3. The number of aromatic nitrogens is 2. The number of aliphatic imine (C=N–C) groups is 1. The number of nitrogens with zero attached hydrogens (tertiary/aromatic N) is 2. The molecule has 0 radical (unpaired) electrons. The first kappa shape index (κ1) is 20.7. The van der Waals surface area contributed by atoms with Crippen LogP contribution in [0.1, 0.15) is 30.7 Å². The van der Waals surface area contributed by atoms with Crippen LogP contribution in [-0.2, 0) is 6.42 Å². The zero-order valence-electron chi connectivity index (χ0n) is 15.2. The van der Waals surface area contributed by atoms with Crippen LogP contribution in [0.4, 0.5) is 0 Å². The summed E-state index contributed by atoms with van der Waals surface area (Å²) in [4.78, 5) is 12.3. The molecule has 7 heteroatoms. The number of aryl methyl sites for hydroxylation is 1. The Morgan fingerprint density at radius 2 is 2.12 bits per heavy atom. The van der Waals surface area contributed by atoms with Gasteiger partial charge in [-0.3, -0.25) is 4.99 Å². The van der Waals surface area contributed by atoms with Crippen molar-refractivity contribution >= 4 is 52.3 Å². The van der Waals surface area contributed by atoms with Crippen molar-refractivity contribution in [3.05, 3.63) is 52.5 Å². The van der Waals surface area contributed by atoms with E-state index in [1.807, 2.05) is 25.2 Å². The molecule has 2 aromatic heterocycles. The van der Waals surface area contributed by atoms with Crippen LogP contribution in [0.2, 0.25) is 0 Å². The summed E-state index contributed by atoms with van der Waals surface area (Å²) in [7, 11) is 1.81. The fourth-order valence-electron chi connectivity index (χ4n) is 2.73. The van der Waals surface area contributed by atoms with Crippen molar-refractivity contribution in [1.29, 1.82) is 0 Å². The van der Waals surface area contributed by atoms with Gasteiger partial charge in [0.2, 0.25) is 0 Å². The van der Waals surface area contributed by atoms with Crippen LogP contribution >= 0.6 is 35.3 Å². The minimum Gasteiger partial charge on any atom is -0.356 e. The summed E-state index contributed by atoms with van der Waals surface area (Å²) in [6.45, 7) is 3.97. The number of aromatic amines is 1. The monoisotopic (exact) mass is 483 g/mol. The number of imidazole rings is 1. The fourth-order valence-corrected chi connectivity index (χ4v) is 3.51. The summed E-state index contributed by atoms with van der Waals surface area (Å²) < 4.78 is 0. The fraction of sp³-hybridized carbons (Fsp3) is 0.368. The number of benzene rings is 1. The third-order valence-corrected chi connectivity index (χ3v) is 4.93. The van der Waals surface area contributed by atoms with Crippen LogP contribution in [0, 0.1) is 0 Å². The first-order valence-corrected chi connectivity index (χ1v) is 9.61. The number of halogens is 1. The summed E-state index contributed by atoms with van der Waals surface area (Å²) in [6.07, 6.45) is 1.92. The van der Waals surface area contributed by atoms with Gasteiger partial charge in [0.15, 0.2) is 5.96 Å². The van der Waals surface area contributed by atoms with E-state index in [0.29, 0.717) is 5.92 Å². The Labute approximate surface area is 175 Å². The van der Waals surface area contributed by atoms with Crippen LogP contribution in [0.5, 0.6) is 0 Å². The van der Waals surface area contributed by atoms with Crippen molar-refractivity contribution in [1.82, 2.24) is 20.6 Å². The molecule has 1 unspecified atom stereocenters. The number of thiophene rings is 1. The number of hydrogen-bond donors (Lipinski definition) is 3. The Morgan fingerprint density at radius 3 is 2.85 bits per heavy atom. The van der Waals surface area contributed by atoms with E-state index in [9.17, 15) is 0 Å².